The number of aromatic nitrogens is 1. The van der Waals surface area contributed by atoms with Crippen LogP contribution in [0.1, 0.15) is 39.3 Å². The molecule has 2 N–H and O–H groups in total. The molecule has 1 fully saturated rings. The maximum atomic E-state index is 14.0. The molecule has 1 aromatic heterocycles. The third-order valence-corrected chi connectivity index (χ3v) is 4.26. The van der Waals surface area contributed by atoms with Crippen molar-refractivity contribution in [1.29, 1.82) is 0 Å². The summed E-state index contributed by atoms with van der Waals surface area (Å²) in [6, 6.07) is 7.37. The van der Waals surface area contributed by atoms with Gasteiger partial charge in [0.1, 0.15) is 11.5 Å². The molecule has 0 spiro atoms. The lowest BCUT2D eigenvalue weighted by Crippen LogP contribution is -2.33. The number of carbonyl (C=O) groups excluding carboxylic acids is 2. The molecule has 124 valence electrons. The van der Waals surface area contributed by atoms with Crippen molar-refractivity contribution < 1.29 is 14.0 Å². The average molecular weight is 348 g/mol. The molecule has 24 heavy (non-hydrogen) atoms. The topological polar surface area (TPSA) is 76.3 Å². The van der Waals surface area contributed by atoms with E-state index < -0.39 is 11.7 Å². The summed E-state index contributed by atoms with van der Waals surface area (Å²) in [4.78, 5) is 29.4. The van der Waals surface area contributed by atoms with E-state index in [0.29, 0.717) is 0 Å². The van der Waals surface area contributed by atoms with E-state index in [1.54, 1.807) is 11.0 Å². The lowest BCUT2D eigenvalue weighted by atomic mass is 10.1. The van der Waals surface area contributed by atoms with E-state index in [2.05, 4.69) is 4.98 Å². The average Bonchev–Trinajstić information content (AvgIpc) is 3.39. The smallest absolute Gasteiger partial charge is 0.272 e. The highest BCUT2D eigenvalue weighted by molar-refractivity contribution is 6.31. The molecular weight excluding hydrogens is 333 g/mol. The number of pyridine rings is 1. The number of hydrogen-bond acceptors (Lipinski definition) is 3. The Morgan fingerprint density at radius 3 is 2.58 bits per heavy atom. The number of amides is 2. The van der Waals surface area contributed by atoms with E-state index in [0.717, 1.165) is 12.8 Å². The SMILES string of the molecule is NC(=O)c1ccc(C(=O)N(Cc2c(F)cccc2Cl)C2CC2)nc1. The molecule has 0 radical (unpaired) electrons. The molecule has 2 amide bonds. The van der Waals surface area contributed by atoms with Gasteiger partial charge in [0, 0.05) is 22.8 Å². The Morgan fingerprint density at radius 2 is 2.04 bits per heavy atom. The summed E-state index contributed by atoms with van der Waals surface area (Å²) in [5.74, 6) is -1.38. The number of nitrogens with two attached hydrogens (primary N) is 1. The Balaban J connectivity index is 1.85. The summed E-state index contributed by atoms with van der Waals surface area (Å²) in [6.45, 7) is 0.0776. The third-order valence-electron chi connectivity index (χ3n) is 3.91. The van der Waals surface area contributed by atoms with Gasteiger partial charge < -0.3 is 10.6 Å². The van der Waals surface area contributed by atoms with Gasteiger partial charge in [-0.25, -0.2) is 4.39 Å². The van der Waals surface area contributed by atoms with Crippen LogP contribution in [-0.4, -0.2) is 27.7 Å². The number of rotatable bonds is 5. The number of nitrogens with zero attached hydrogens (tertiary/aromatic N) is 2. The van der Waals surface area contributed by atoms with Gasteiger partial charge in [0.2, 0.25) is 5.91 Å². The normalized spacial score (nSPS) is 13.6. The van der Waals surface area contributed by atoms with Crippen LogP contribution in [0.5, 0.6) is 0 Å². The maximum Gasteiger partial charge on any atom is 0.272 e. The van der Waals surface area contributed by atoms with Crippen molar-refractivity contribution >= 4 is 23.4 Å². The van der Waals surface area contributed by atoms with Crippen LogP contribution < -0.4 is 5.73 Å². The Kier molecular flexibility index (Phi) is 4.49. The van der Waals surface area contributed by atoms with Gasteiger partial charge in [0.15, 0.2) is 0 Å². The van der Waals surface area contributed by atoms with E-state index in [9.17, 15) is 14.0 Å². The number of halogens is 2. The van der Waals surface area contributed by atoms with Crippen molar-refractivity contribution in [1.82, 2.24) is 9.88 Å². The molecule has 0 aliphatic heterocycles. The van der Waals surface area contributed by atoms with Gasteiger partial charge in [0.05, 0.1) is 12.1 Å². The van der Waals surface area contributed by atoms with Crippen molar-refractivity contribution in [3.8, 4) is 0 Å². The second kappa shape index (κ2) is 6.57. The highest BCUT2D eigenvalue weighted by Crippen LogP contribution is 2.31. The first-order valence-electron chi connectivity index (χ1n) is 7.47. The summed E-state index contributed by atoms with van der Waals surface area (Å²) in [6.07, 6.45) is 2.98. The van der Waals surface area contributed by atoms with Crippen LogP contribution in [0.3, 0.4) is 0 Å². The first kappa shape index (κ1) is 16.4. The minimum Gasteiger partial charge on any atom is -0.366 e. The molecule has 0 unspecified atom stereocenters. The van der Waals surface area contributed by atoms with Gasteiger partial charge in [-0.2, -0.15) is 0 Å². The fraction of sp³-hybridized carbons (Fsp3) is 0.235. The highest BCUT2D eigenvalue weighted by Gasteiger charge is 2.34. The predicted molar refractivity (Wildman–Crippen MR) is 87.1 cm³/mol. The van der Waals surface area contributed by atoms with Crippen molar-refractivity contribution in [3.63, 3.8) is 0 Å². The van der Waals surface area contributed by atoms with Gasteiger partial charge in [0.25, 0.3) is 5.91 Å². The van der Waals surface area contributed by atoms with E-state index in [1.165, 1.54) is 30.5 Å². The van der Waals surface area contributed by atoms with Crippen molar-refractivity contribution in [2.75, 3.05) is 0 Å². The summed E-state index contributed by atoms with van der Waals surface area (Å²) in [5, 5.41) is 0.283. The molecule has 0 atom stereocenters. The summed E-state index contributed by atoms with van der Waals surface area (Å²) >= 11 is 6.06. The Morgan fingerprint density at radius 1 is 1.29 bits per heavy atom. The van der Waals surface area contributed by atoms with Crippen molar-refractivity contribution in [3.05, 3.63) is 64.2 Å². The first-order valence-corrected chi connectivity index (χ1v) is 7.85. The Labute approximate surface area is 143 Å². The van der Waals surface area contributed by atoms with Gasteiger partial charge in [-0.05, 0) is 37.1 Å². The highest BCUT2D eigenvalue weighted by atomic mass is 35.5. The van der Waals surface area contributed by atoms with Crippen LogP contribution in [0, 0.1) is 5.82 Å². The van der Waals surface area contributed by atoms with Crippen molar-refractivity contribution in [2.45, 2.75) is 25.4 Å². The molecule has 1 aliphatic carbocycles. The monoisotopic (exact) mass is 347 g/mol. The number of hydrogen-bond donors (Lipinski definition) is 1. The Hall–Kier alpha value is -2.47. The fourth-order valence-electron chi connectivity index (χ4n) is 2.42. The lowest BCUT2D eigenvalue weighted by Gasteiger charge is -2.23. The molecule has 1 heterocycles. The summed E-state index contributed by atoms with van der Waals surface area (Å²) < 4.78 is 14.0. The molecule has 1 aliphatic rings. The molecule has 0 saturated heterocycles. The van der Waals surface area contributed by atoms with E-state index >= 15 is 0 Å². The molecule has 3 rings (SSSR count). The molecule has 1 aromatic carbocycles. The van der Waals surface area contributed by atoms with Gasteiger partial charge in [-0.1, -0.05) is 17.7 Å². The zero-order valence-electron chi connectivity index (χ0n) is 12.7. The van der Waals surface area contributed by atoms with E-state index in [1.807, 2.05) is 0 Å². The zero-order valence-corrected chi connectivity index (χ0v) is 13.5. The van der Waals surface area contributed by atoms with E-state index in [4.69, 9.17) is 17.3 Å². The predicted octanol–water partition coefficient (Wildman–Crippen LogP) is 2.78. The van der Waals surface area contributed by atoms with Gasteiger partial charge in [-0.3, -0.25) is 14.6 Å². The van der Waals surface area contributed by atoms with Gasteiger partial charge >= 0.3 is 0 Å². The molecule has 0 bridgehead atoms. The first-order chi connectivity index (χ1) is 11.5. The largest absolute Gasteiger partial charge is 0.366 e. The van der Waals surface area contributed by atoms with Crippen LogP contribution in [0.15, 0.2) is 36.5 Å². The lowest BCUT2D eigenvalue weighted by molar-refractivity contribution is 0.0721. The second-order valence-corrected chi connectivity index (χ2v) is 6.07. The minimum atomic E-state index is -0.612. The Bertz CT molecular complexity index is 771. The minimum absolute atomic E-state index is 0.0470. The standard InChI is InChI=1S/C17H15ClFN3O2/c18-13-2-1-3-14(19)12(13)9-22(11-5-6-11)17(24)15-7-4-10(8-21-15)16(20)23/h1-4,7-8,11H,5-6,9H2,(H2,20,23). The van der Waals surface area contributed by atoms with Crippen molar-refractivity contribution in [2.24, 2.45) is 5.73 Å². The number of carbonyl (C=O) groups is 2. The quantitative estimate of drug-likeness (QED) is 0.903. The molecular formula is C17H15ClFN3O2. The molecule has 2 aromatic rings. The summed E-state index contributed by atoms with van der Waals surface area (Å²) in [5.41, 5.74) is 5.85. The molecule has 1 saturated carbocycles. The van der Waals surface area contributed by atoms with Crippen LogP contribution in [0.4, 0.5) is 4.39 Å². The third kappa shape index (κ3) is 3.38. The number of primary amides is 1. The van der Waals surface area contributed by atoms with Crippen LogP contribution in [-0.2, 0) is 6.54 Å². The molecule has 5 nitrogen and oxygen atoms in total. The number of benzene rings is 1. The molecule has 7 heteroatoms. The zero-order chi connectivity index (χ0) is 17.3. The van der Waals surface area contributed by atoms with Crippen LogP contribution in [0.25, 0.3) is 0 Å². The second-order valence-electron chi connectivity index (χ2n) is 5.66. The van der Waals surface area contributed by atoms with Crippen LogP contribution in [0.2, 0.25) is 5.02 Å². The maximum absolute atomic E-state index is 14.0. The summed E-state index contributed by atoms with van der Waals surface area (Å²) in [7, 11) is 0. The van der Waals surface area contributed by atoms with Crippen LogP contribution >= 0.6 is 11.6 Å². The van der Waals surface area contributed by atoms with E-state index in [-0.39, 0.29) is 40.3 Å². The fourth-order valence-corrected chi connectivity index (χ4v) is 2.64. The van der Waals surface area contributed by atoms with Gasteiger partial charge in [-0.15, -0.1) is 0 Å².